The zero-order valence-electron chi connectivity index (χ0n) is 14.9. The molecule has 7 nitrogen and oxygen atoms in total. The topological polar surface area (TPSA) is 80.1 Å². The minimum absolute atomic E-state index is 0.141. The van der Waals surface area contributed by atoms with Gasteiger partial charge in [-0.2, -0.15) is 0 Å². The van der Waals surface area contributed by atoms with E-state index in [1.54, 1.807) is 24.8 Å². The molecule has 1 aromatic carbocycles. The van der Waals surface area contributed by atoms with Crippen molar-refractivity contribution < 1.29 is 9.59 Å². The van der Waals surface area contributed by atoms with E-state index in [9.17, 15) is 9.59 Å². The Morgan fingerprint density at radius 2 is 1.96 bits per heavy atom. The summed E-state index contributed by atoms with van der Waals surface area (Å²) in [6, 6.07) is 7.34. The molecule has 0 bridgehead atoms. The number of benzene rings is 1. The predicted octanol–water partition coefficient (Wildman–Crippen LogP) is 2.37. The summed E-state index contributed by atoms with van der Waals surface area (Å²) in [6.45, 7) is 7.18. The number of anilines is 2. The molecule has 1 N–H and O–H groups in total. The number of hydrogen-bond acceptors (Lipinski definition) is 5. The standard InChI is InChI=1S/C17H21N5O2S/c1-10(25-16-20-19-11(2)21(16)5)14(23)22-13-9-7-6-8-12(13)18-15(24)17(22,3)4/h6-10H,1-5H3,(H,18,24)/t10-/m0/s1. The number of nitrogens with one attached hydrogen (secondary N) is 1. The molecule has 132 valence electrons. The van der Waals surface area contributed by atoms with Gasteiger partial charge in [0.1, 0.15) is 11.4 Å². The summed E-state index contributed by atoms with van der Waals surface area (Å²) in [7, 11) is 1.86. The Kier molecular flexibility index (Phi) is 4.32. The number of aromatic nitrogens is 3. The highest BCUT2D eigenvalue weighted by Crippen LogP contribution is 2.38. The molecule has 2 amide bonds. The average molecular weight is 359 g/mol. The fourth-order valence-electron chi connectivity index (χ4n) is 2.73. The van der Waals surface area contributed by atoms with E-state index in [-0.39, 0.29) is 11.8 Å². The van der Waals surface area contributed by atoms with Gasteiger partial charge in [0.05, 0.1) is 16.6 Å². The van der Waals surface area contributed by atoms with Crippen LogP contribution in [0.5, 0.6) is 0 Å². The first-order valence-corrected chi connectivity index (χ1v) is 8.88. The zero-order valence-corrected chi connectivity index (χ0v) is 15.7. The summed E-state index contributed by atoms with van der Waals surface area (Å²) in [5.74, 6) is 0.439. The average Bonchev–Trinajstić information content (AvgIpc) is 2.87. The molecule has 1 aromatic heterocycles. The normalized spacial score (nSPS) is 17.0. The van der Waals surface area contributed by atoms with Gasteiger partial charge in [0.15, 0.2) is 5.16 Å². The number of amides is 2. The molecule has 0 radical (unpaired) electrons. The van der Waals surface area contributed by atoms with Gasteiger partial charge in [-0.3, -0.25) is 14.5 Å². The third-order valence-corrected chi connectivity index (χ3v) is 5.53. The van der Waals surface area contributed by atoms with Gasteiger partial charge in [0, 0.05) is 7.05 Å². The summed E-state index contributed by atoms with van der Waals surface area (Å²) in [6.07, 6.45) is 0. The van der Waals surface area contributed by atoms with Gasteiger partial charge in [-0.1, -0.05) is 23.9 Å². The van der Waals surface area contributed by atoms with Crippen LogP contribution in [0.4, 0.5) is 11.4 Å². The van der Waals surface area contributed by atoms with Crippen LogP contribution in [0, 0.1) is 6.92 Å². The van der Waals surface area contributed by atoms with Crippen molar-refractivity contribution in [2.75, 3.05) is 10.2 Å². The van der Waals surface area contributed by atoms with Crippen LogP contribution in [0.1, 0.15) is 26.6 Å². The summed E-state index contributed by atoms with van der Waals surface area (Å²) in [4.78, 5) is 27.3. The third kappa shape index (κ3) is 2.90. The van der Waals surface area contributed by atoms with Crippen molar-refractivity contribution in [1.29, 1.82) is 0 Å². The van der Waals surface area contributed by atoms with Gasteiger partial charge >= 0.3 is 0 Å². The largest absolute Gasteiger partial charge is 0.322 e. The molecule has 0 unspecified atom stereocenters. The SMILES string of the molecule is Cc1nnc(S[C@@H](C)C(=O)N2c3ccccc3NC(=O)C2(C)C)n1C. The molecular weight excluding hydrogens is 338 g/mol. The number of carbonyl (C=O) groups is 2. The second-order valence-electron chi connectivity index (χ2n) is 6.55. The molecule has 8 heteroatoms. The fourth-order valence-corrected chi connectivity index (χ4v) is 3.63. The minimum Gasteiger partial charge on any atom is -0.322 e. The lowest BCUT2D eigenvalue weighted by molar-refractivity contribution is -0.126. The van der Waals surface area contributed by atoms with Crippen LogP contribution in [0.2, 0.25) is 0 Å². The number of carbonyl (C=O) groups excluding carboxylic acids is 2. The molecule has 0 fully saturated rings. The monoisotopic (exact) mass is 359 g/mol. The molecule has 1 atom stereocenters. The van der Waals surface area contributed by atoms with Crippen LogP contribution < -0.4 is 10.2 Å². The van der Waals surface area contributed by atoms with E-state index in [2.05, 4.69) is 15.5 Å². The van der Waals surface area contributed by atoms with Crippen LogP contribution in [0.3, 0.4) is 0 Å². The van der Waals surface area contributed by atoms with Gasteiger partial charge in [-0.25, -0.2) is 0 Å². The highest BCUT2D eigenvalue weighted by Gasteiger charge is 2.44. The molecule has 0 aliphatic carbocycles. The van der Waals surface area contributed by atoms with Crippen molar-refractivity contribution in [2.45, 2.75) is 43.6 Å². The highest BCUT2D eigenvalue weighted by molar-refractivity contribution is 8.00. The summed E-state index contributed by atoms with van der Waals surface area (Å²) < 4.78 is 1.84. The summed E-state index contributed by atoms with van der Waals surface area (Å²) in [5.41, 5.74) is 0.376. The van der Waals surface area contributed by atoms with Crippen molar-refractivity contribution in [3.05, 3.63) is 30.1 Å². The number of fused-ring (bicyclic) bond motifs is 1. The predicted molar refractivity (Wildman–Crippen MR) is 97.7 cm³/mol. The number of para-hydroxylation sites is 2. The maximum absolute atomic E-state index is 13.2. The molecule has 0 saturated heterocycles. The molecule has 2 heterocycles. The van der Waals surface area contributed by atoms with Crippen LogP contribution in [0.25, 0.3) is 0 Å². The fraction of sp³-hybridized carbons (Fsp3) is 0.412. The lowest BCUT2D eigenvalue weighted by atomic mass is 9.96. The number of hydrogen-bond donors (Lipinski definition) is 1. The molecule has 1 aliphatic rings. The Labute approximate surface area is 150 Å². The number of thioether (sulfide) groups is 1. The number of aryl methyl sites for hydroxylation is 1. The quantitative estimate of drug-likeness (QED) is 0.851. The van der Waals surface area contributed by atoms with Crippen molar-refractivity contribution in [3.8, 4) is 0 Å². The van der Waals surface area contributed by atoms with E-state index in [0.29, 0.717) is 16.5 Å². The second-order valence-corrected chi connectivity index (χ2v) is 7.86. The van der Waals surface area contributed by atoms with E-state index in [0.717, 1.165) is 5.82 Å². The first kappa shape index (κ1) is 17.5. The Morgan fingerprint density at radius 3 is 2.60 bits per heavy atom. The summed E-state index contributed by atoms with van der Waals surface area (Å²) >= 11 is 1.34. The zero-order chi connectivity index (χ0) is 18.4. The molecular formula is C17H21N5O2S. The van der Waals surface area contributed by atoms with E-state index in [1.165, 1.54) is 11.8 Å². The van der Waals surface area contributed by atoms with Gasteiger partial charge in [0.25, 0.3) is 0 Å². The van der Waals surface area contributed by atoms with Gasteiger partial charge < -0.3 is 9.88 Å². The second kappa shape index (κ2) is 6.18. The highest BCUT2D eigenvalue weighted by atomic mass is 32.2. The Balaban J connectivity index is 1.94. The van der Waals surface area contributed by atoms with Gasteiger partial charge in [-0.05, 0) is 39.8 Å². The van der Waals surface area contributed by atoms with Crippen molar-refractivity contribution in [1.82, 2.24) is 14.8 Å². The molecule has 2 aromatic rings. The van der Waals surface area contributed by atoms with Gasteiger partial charge in [0.2, 0.25) is 11.8 Å². The molecule has 0 spiro atoms. The van der Waals surface area contributed by atoms with Crippen LogP contribution in [-0.4, -0.2) is 37.4 Å². The van der Waals surface area contributed by atoms with E-state index < -0.39 is 10.8 Å². The molecule has 1 aliphatic heterocycles. The van der Waals surface area contributed by atoms with Crippen molar-refractivity contribution >= 4 is 35.0 Å². The first-order valence-electron chi connectivity index (χ1n) is 8.00. The van der Waals surface area contributed by atoms with Crippen LogP contribution >= 0.6 is 11.8 Å². The maximum Gasteiger partial charge on any atom is 0.250 e. The van der Waals surface area contributed by atoms with Crippen molar-refractivity contribution in [2.24, 2.45) is 7.05 Å². The Hall–Kier alpha value is -2.35. The number of rotatable bonds is 3. The minimum atomic E-state index is -0.976. The smallest absolute Gasteiger partial charge is 0.250 e. The van der Waals surface area contributed by atoms with Gasteiger partial charge in [-0.15, -0.1) is 10.2 Å². The summed E-state index contributed by atoms with van der Waals surface area (Å²) in [5, 5.41) is 11.3. The Morgan fingerprint density at radius 1 is 1.28 bits per heavy atom. The molecule has 3 rings (SSSR count). The van der Waals surface area contributed by atoms with Crippen LogP contribution in [0.15, 0.2) is 29.4 Å². The van der Waals surface area contributed by atoms with Crippen molar-refractivity contribution in [3.63, 3.8) is 0 Å². The van der Waals surface area contributed by atoms with E-state index in [1.807, 2.05) is 43.7 Å². The Bertz CT molecular complexity index is 845. The van der Waals surface area contributed by atoms with E-state index in [4.69, 9.17) is 0 Å². The third-order valence-electron chi connectivity index (χ3n) is 4.41. The lowest BCUT2D eigenvalue weighted by Gasteiger charge is -2.43. The van der Waals surface area contributed by atoms with E-state index >= 15 is 0 Å². The van der Waals surface area contributed by atoms with Crippen LogP contribution in [-0.2, 0) is 16.6 Å². The first-order chi connectivity index (χ1) is 11.7. The number of nitrogens with zero attached hydrogens (tertiary/aromatic N) is 4. The molecule has 0 saturated carbocycles. The maximum atomic E-state index is 13.2. The molecule has 25 heavy (non-hydrogen) atoms. The lowest BCUT2D eigenvalue weighted by Crippen LogP contribution is -2.60.